The molecule has 3 heterocycles. The molecular weight excluding hydrogens is 228 g/mol. The number of fused-ring (bicyclic) bond motifs is 1. The third kappa shape index (κ3) is 2.16. The van der Waals surface area contributed by atoms with Crippen LogP contribution in [-0.4, -0.2) is 30.6 Å². The Morgan fingerprint density at radius 3 is 3.00 bits per heavy atom. The van der Waals surface area contributed by atoms with E-state index in [1.54, 1.807) is 0 Å². The molecule has 0 bridgehead atoms. The van der Waals surface area contributed by atoms with Crippen LogP contribution in [0, 0.1) is 18.8 Å². The van der Waals surface area contributed by atoms with E-state index in [0.29, 0.717) is 0 Å². The van der Waals surface area contributed by atoms with Crippen LogP contribution in [0.25, 0.3) is 0 Å². The van der Waals surface area contributed by atoms with Crippen LogP contribution in [0.5, 0.6) is 0 Å². The van der Waals surface area contributed by atoms with Crippen LogP contribution in [0.1, 0.15) is 23.1 Å². The highest BCUT2D eigenvalue weighted by Gasteiger charge is 2.42. The Morgan fingerprint density at radius 2 is 2.29 bits per heavy atom. The molecule has 0 spiro atoms. The number of likely N-dealkylation sites (tertiary alicyclic amines) is 1. The molecule has 0 radical (unpaired) electrons. The molecule has 2 aliphatic heterocycles. The van der Waals surface area contributed by atoms with Gasteiger partial charge < -0.3 is 5.32 Å². The topological polar surface area (TPSA) is 15.3 Å². The molecule has 2 nitrogen and oxygen atoms in total. The van der Waals surface area contributed by atoms with Crippen molar-refractivity contribution in [3.63, 3.8) is 0 Å². The van der Waals surface area contributed by atoms with Crippen LogP contribution in [0.15, 0.2) is 12.1 Å². The van der Waals surface area contributed by atoms with E-state index in [9.17, 15) is 0 Å². The van der Waals surface area contributed by atoms with Crippen molar-refractivity contribution >= 4 is 11.3 Å². The number of hydrogen-bond acceptors (Lipinski definition) is 3. The van der Waals surface area contributed by atoms with E-state index >= 15 is 0 Å². The summed E-state index contributed by atoms with van der Waals surface area (Å²) in [5, 5.41) is 3.55. The average Bonchev–Trinajstić information content (AvgIpc) is 2.95. The lowest BCUT2D eigenvalue weighted by Gasteiger charge is -2.26. The first kappa shape index (κ1) is 11.7. The summed E-state index contributed by atoms with van der Waals surface area (Å²) in [5.41, 5.74) is 0. The standard InChI is InChI=1S/C14H22N2S/c1-3-14-13-7-15-6-11(13)8-16(14)9-12-5-4-10(2)17-12/h4-5,11,13-15H,3,6-9H2,1-2H3. The van der Waals surface area contributed by atoms with Gasteiger partial charge >= 0.3 is 0 Å². The van der Waals surface area contributed by atoms with Gasteiger partial charge in [-0.3, -0.25) is 4.90 Å². The summed E-state index contributed by atoms with van der Waals surface area (Å²) in [4.78, 5) is 5.70. The van der Waals surface area contributed by atoms with Crippen molar-refractivity contribution in [2.24, 2.45) is 11.8 Å². The molecule has 0 aromatic carbocycles. The minimum atomic E-state index is 0.803. The predicted molar refractivity (Wildman–Crippen MR) is 73.4 cm³/mol. The van der Waals surface area contributed by atoms with E-state index in [2.05, 4.69) is 36.2 Å². The Hall–Kier alpha value is -0.380. The lowest BCUT2D eigenvalue weighted by atomic mass is 9.93. The number of thiophene rings is 1. The number of nitrogens with one attached hydrogen (secondary N) is 1. The monoisotopic (exact) mass is 250 g/mol. The van der Waals surface area contributed by atoms with E-state index in [-0.39, 0.29) is 0 Å². The highest BCUT2D eigenvalue weighted by molar-refractivity contribution is 7.11. The molecule has 94 valence electrons. The first-order chi connectivity index (χ1) is 8.28. The summed E-state index contributed by atoms with van der Waals surface area (Å²) in [6.07, 6.45) is 1.30. The normalized spacial score (nSPS) is 33.2. The van der Waals surface area contributed by atoms with Gasteiger partial charge in [0.25, 0.3) is 0 Å². The van der Waals surface area contributed by atoms with Crippen LogP contribution < -0.4 is 5.32 Å². The molecule has 17 heavy (non-hydrogen) atoms. The average molecular weight is 250 g/mol. The van der Waals surface area contributed by atoms with Gasteiger partial charge in [0.15, 0.2) is 0 Å². The van der Waals surface area contributed by atoms with Crippen molar-refractivity contribution in [2.75, 3.05) is 19.6 Å². The first-order valence-corrected chi connectivity index (χ1v) is 7.59. The van der Waals surface area contributed by atoms with E-state index in [1.165, 1.54) is 42.4 Å². The third-order valence-electron chi connectivity index (χ3n) is 4.40. The molecular formula is C14H22N2S. The van der Waals surface area contributed by atoms with Gasteiger partial charge in [-0.2, -0.15) is 0 Å². The molecule has 3 heteroatoms. The maximum Gasteiger partial charge on any atom is 0.0331 e. The predicted octanol–water partition coefficient (Wildman–Crippen LogP) is 2.49. The number of nitrogens with zero attached hydrogens (tertiary/aromatic N) is 1. The molecule has 2 saturated heterocycles. The van der Waals surface area contributed by atoms with E-state index in [1.807, 2.05) is 11.3 Å². The van der Waals surface area contributed by atoms with Crippen LogP contribution in [0.3, 0.4) is 0 Å². The molecule has 3 rings (SSSR count). The minimum Gasteiger partial charge on any atom is -0.316 e. The van der Waals surface area contributed by atoms with Crippen molar-refractivity contribution in [1.82, 2.24) is 10.2 Å². The van der Waals surface area contributed by atoms with Gasteiger partial charge in [-0.25, -0.2) is 0 Å². The summed E-state index contributed by atoms with van der Waals surface area (Å²) in [5.74, 6) is 1.81. The van der Waals surface area contributed by atoms with Gasteiger partial charge in [-0.1, -0.05) is 6.92 Å². The molecule has 0 aliphatic carbocycles. The first-order valence-electron chi connectivity index (χ1n) is 6.78. The fourth-order valence-electron chi connectivity index (χ4n) is 3.62. The van der Waals surface area contributed by atoms with Crippen LogP contribution in [-0.2, 0) is 6.54 Å². The zero-order valence-corrected chi connectivity index (χ0v) is 11.6. The number of aryl methyl sites for hydroxylation is 1. The molecule has 1 N–H and O–H groups in total. The quantitative estimate of drug-likeness (QED) is 0.886. The summed E-state index contributed by atoms with van der Waals surface area (Å²) in [7, 11) is 0. The van der Waals surface area contributed by atoms with Crippen molar-refractivity contribution in [1.29, 1.82) is 0 Å². The smallest absolute Gasteiger partial charge is 0.0331 e. The SMILES string of the molecule is CCC1C2CNCC2CN1Cc1ccc(C)s1. The van der Waals surface area contributed by atoms with Crippen molar-refractivity contribution in [2.45, 2.75) is 32.9 Å². The van der Waals surface area contributed by atoms with Gasteiger partial charge in [0.1, 0.15) is 0 Å². The van der Waals surface area contributed by atoms with Crippen molar-refractivity contribution in [3.8, 4) is 0 Å². The highest BCUT2D eigenvalue weighted by Crippen LogP contribution is 2.35. The van der Waals surface area contributed by atoms with E-state index < -0.39 is 0 Å². The van der Waals surface area contributed by atoms with Gasteiger partial charge in [0.2, 0.25) is 0 Å². The van der Waals surface area contributed by atoms with Crippen molar-refractivity contribution in [3.05, 3.63) is 21.9 Å². The molecule has 1 aromatic rings. The third-order valence-corrected chi connectivity index (χ3v) is 5.38. The van der Waals surface area contributed by atoms with Gasteiger partial charge in [-0.15, -0.1) is 11.3 Å². The zero-order valence-electron chi connectivity index (χ0n) is 10.8. The second-order valence-corrected chi connectivity index (χ2v) is 6.87. The van der Waals surface area contributed by atoms with Gasteiger partial charge in [0, 0.05) is 28.9 Å². The molecule has 2 fully saturated rings. The highest BCUT2D eigenvalue weighted by atomic mass is 32.1. The molecule has 1 aromatic heterocycles. The maximum absolute atomic E-state index is 3.55. The molecule has 2 aliphatic rings. The lowest BCUT2D eigenvalue weighted by Crippen LogP contribution is -2.34. The fraction of sp³-hybridized carbons (Fsp3) is 0.714. The summed E-state index contributed by atoms with van der Waals surface area (Å²) in [6, 6.07) is 5.36. The summed E-state index contributed by atoms with van der Waals surface area (Å²) in [6.45, 7) is 9.49. The Kier molecular flexibility index (Phi) is 3.24. The van der Waals surface area contributed by atoms with Crippen molar-refractivity contribution < 1.29 is 0 Å². The Labute approximate surface area is 108 Å². The van der Waals surface area contributed by atoms with Crippen LogP contribution >= 0.6 is 11.3 Å². The maximum atomic E-state index is 3.55. The largest absolute Gasteiger partial charge is 0.316 e. The lowest BCUT2D eigenvalue weighted by molar-refractivity contribution is 0.212. The van der Waals surface area contributed by atoms with E-state index in [0.717, 1.165) is 17.9 Å². The molecule has 3 unspecified atom stereocenters. The Morgan fingerprint density at radius 1 is 1.41 bits per heavy atom. The Balaban J connectivity index is 1.71. The van der Waals surface area contributed by atoms with Gasteiger partial charge in [-0.05, 0) is 50.4 Å². The number of rotatable bonds is 3. The fourth-order valence-corrected chi connectivity index (χ4v) is 4.54. The minimum absolute atomic E-state index is 0.803. The Bertz CT molecular complexity index is 387. The molecule has 0 saturated carbocycles. The summed E-state index contributed by atoms with van der Waals surface area (Å²) >= 11 is 1.96. The second kappa shape index (κ2) is 4.71. The van der Waals surface area contributed by atoms with Crippen LogP contribution in [0.4, 0.5) is 0 Å². The van der Waals surface area contributed by atoms with Crippen LogP contribution in [0.2, 0.25) is 0 Å². The van der Waals surface area contributed by atoms with E-state index in [4.69, 9.17) is 0 Å². The van der Waals surface area contributed by atoms with Gasteiger partial charge in [0.05, 0.1) is 0 Å². The molecule has 3 atom stereocenters. The number of hydrogen-bond donors (Lipinski definition) is 1. The zero-order chi connectivity index (χ0) is 11.8. The summed E-state index contributed by atoms with van der Waals surface area (Å²) < 4.78 is 0. The molecule has 0 amide bonds. The second-order valence-electron chi connectivity index (χ2n) is 5.50.